The normalized spacial score (nSPS) is 18.3. The Morgan fingerprint density at radius 2 is 1.63 bits per heavy atom. The lowest BCUT2D eigenvalue weighted by Crippen LogP contribution is -2.35. The van der Waals surface area contributed by atoms with Gasteiger partial charge in [0, 0.05) is 34.9 Å². The Balaban J connectivity index is 1.39. The molecule has 3 heterocycles. The van der Waals surface area contributed by atoms with Crippen molar-refractivity contribution >= 4 is 54.1 Å². The van der Waals surface area contributed by atoms with Gasteiger partial charge in [0.15, 0.2) is 21.3 Å². The lowest BCUT2D eigenvalue weighted by molar-refractivity contribution is -0.142. The van der Waals surface area contributed by atoms with Crippen LogP contribution in [0.15, 0.2) is 30.3 Å². The van der Waals surface area contributed by atoms with E-state index >= 15 is 8.78 Å². The van der Waals surface area contributed by atoms with E-state index in [1.807, 2.05) is 0 Å². The number of nitrogens with one attached hydrogen (secondary N) is 2. The molecule has 0 aliphatic heterocycles. The molecule has 2 aromatic carbocycles. The van der Waals surface area contributed by atoms with Crippen LogP contribution in [0, 0.1) is 29.4 Å². The molecule has 5 aromatic rings. The second kappa shape index (κ2) is 16.1. The quantitative estimate of drug-likeness (QED) is 0.0992. The second-order valence-corrected chi connectivity index (χ2v) is 22.0. The topological polar surface area (TPSA) is 158 Å². The van der Waals surface area contributed by atoms with Crippen LogP contribution in [0.5, 0.6) is 0 Å². The van der Waals surface area contributed by atoms with Gasteiger partial charge in [0.2, 0.25) is 15.9 Å². The minimum Gasteiger partial charge on any atom is -0.346 e. The molecular formula is C42H36ClF10N7O5S2. The third kappa shape index (κ3) is 9.17. The number of hydrogen-bond donors (Lipinski definition) is 2. The molecule has 358 valence electrons. The Morgan fingerprint density at radius 3 is 2.24 bits per heavy atom. The fraction of sp³-hybridized carbons (Fsp3) is 0.429. The van der Waals surface area contributed by atoms with Crippen LogP contribution in [0.2, 0.25) is 5.02 Å². The molecule has 3 aromatic heterocycles. The van der Waals surface area contributed by atoms with Gasteiger partial charge in [-0.25, -0.2) is 30.6 Å². The summed E-state index contributed by atoms with van der Waals surface area (Å²) in [6, 6.07) is 3.07. The van der Waals surface area contributed by atoms with Crippen molar-refractivity contribution in [2.45, 2.75) is 94.0 Å². The van der Waals surface area contributed by atoms with Crippen molar-refractivity contribution in [1.29, 1.82) is 0 Å². The fourth-order valence-corrected chi connectivity index (χ4v) is 9.77. The summed E-state index contributed by atoms with van der Waals surface area (Å²) in [6.07, 6.45) is -8.68. The monoisotopic (exact) mass is 1010 g/mol. The summed E-state index contributed by atoms with van der Waals surface area (Å²) in [6.45, 7) is -0.435. The fourth-order valence-electron chi connectivity index (χ4n) is 8.80. The molecule has 1 fully saturated rings. The van der Waals surface area contributed by atoms with E-state index in [0.717, 1.165) is 18.4 Å². The summed E-state index contributed by atoms with van der Waals surface area (Å²) < 4.78 is 198. The Labute approximate surface area is 380 Å². The first-order valence-electron chi connectivity index (χ1n) is 20.2. The molecule has 3 atom stereocenters. The first-order chi connectivity index (χ1) is 30.8. The van der Waals surface area contributed by atoms with E-state index in [0.29, 0.717) is 34.6 Å². The van der Waals surface area contributed by atoms with Crippen LogP contribution in [0.4, 0.5) is 49.7 Å². The number of sulfonamides is 1. The van der Waals surface area contributed by atoms with Crippen LogP contribution in [-0.4, -0.2) is 70.7 Å². The highest BCUT2D eigenvalue weighted by Gasteiger charge is 2.68. The van der Waals surface area contributed by atoms with Crippen molar-refractivity contribution in [3.05, 3.63) is 92.0 Å². The average Bonchev–Trinajstić information content (AvgIpc) is 3.38. The van der Waals surface area contributed by atoms with Crippen LogP contribution in [0.3, 0.4) is 0 Å². The van der Waals surface area contributed by atoms with Gasteiger partial charge in [-0.3, -0.25) is 18.9 Å². The number of pyridine rings is 1. The number of anilines is 1. The minimum atomic E-state index is -5.19. The van der Waals surface area contributed by atoms with E-state index in [1.54, 1.807) is 0 Å². The number of sulfone groups is 1. The van der Waals surface area contributed by atoms with E-state index < -0.39 is 126 Å². The number of rotatable bonds is 11. The maximum absolute atomic E-state index is 15.6. The van der Waals surface area contributed by atoms with Crippen molar-refractivity contribution in [3.8, 4) is 23.0 Å². The molecule has 0 spiro atoms. The standard InChI is InChI=1S/C42H36ClF10N7O5S2/c1-39(2,66(3,62)63)11-10-28-22-6-5-7-23(22)31(24-8-9-27(43)33-35(24)60(18-40(46,47)48)57-38(33)58-67(4,64)65)34(55-28)29(14-19-12-20(44)15-21(45)13-19)54-30(61)17-59-37-32(36(56-59)42(51,52)53)25-16-26(25)41(37,49)50/h8-9,12-13,15,25-26,29H,5-7,14,16-18H2,1-4H3,(H,54,61)(H,57,58)/t25?,26-,29+/m1/s1. The number of alkyl halides is 8. The van der Waals surface area contributed by atoms with Crippen LogP contribution < -0.4 is 10.0 Å². The number of nitrogens with zero attached hydrogens (tertiary/aromatic N) is 5. The molecule has 1 unspecified atom stereocenters. The first kappa shape index (κ1) is 48.1. The molecule has 2 N–H and O–H groups in total. The largest absolute Gasteiger partial charge is 0.435 e. The number of benzene rings is 2. The number of hydrogen-bond acceptors (Lipinski definition) is 8. The van der Waals surface area contributed by atoms with E-state index in [9.17, 15) is 56.8 Å². The summed E-state index contributed by atoms with van der Waals surface area (Å²) >= 11 is 6.57. The number of halogens is 11. The van der Waals surface area contributed by atoms with E-state index in [4.69, 9.17) is 16.6 Å². The zero-order valence-electron chi connectivity index (χ0n) is 35.3. The molecule has 12 nitrogen and oxygen atoms in total. The van der Waals surface area contributed by atoms with Crippen molar-refractivity contribution < 1.29 is 65.5 Å². The molecule has 1 saturated carbocycles. The van der Waals surface area contributed by atoms with E-state index in [1.165, 1.54) is 26.0 Å². The van der Waals surface area contributed by atoms with Crippen molar-refractivity contribution in [2.24, 2.45) is 5.92 Å². The van der Waals surface area contributed by atoms with Gasteiger partial charge >= 0.3 is 12.4 Å². The number of carbonyl (C=O) groups is 1. The van der Waals surface area contributed by atoms with Gasteiger partial charge in [-0.15, -0.1) is 0 Å². The molecule has 0 bridgehead atoms. The third-order valence-corrected chi connectivity index (χ3v) is 14.8. The van der Waals surface area contributed by atoms with Crippen molar-refractivity contribution in [3.63, 3.8) is 0 Å². The summed E-state index contributed by atoms with van der Waals surface area (Å²) in [5, 5.41) is 9.30. The molecule has 0 saturated heterocycles. The highest BCUT2D eigenvalue weighted by molar-refractivity contribution is 7.92. The molecule has 3 aliphatic carbocycles. The van der Waals surface area contributed by atoms with Crippen molar-refractivity contribution in [2.75, 3.05) is 17.2 Å². The van der Waals surface area contributed by atoms with Crippen LogP contribution in [-0.2, 0) is 69.1 Å². The number of fused-ring (bicyclic) bond motifs is 5. The Kier molecular flexibility index (Phi) is 11.6. The van der Waals surface area contributed by atoms with Gasteiger partial charge in [-0.2, -0.15) is 45.3 Å². The Morgan fingerprint density at radius 1 is 0.970 bits per heavy atom. The first-order valence-corrected chi connectivity index (χ1v) is 24.3. The predicted molar refractivity (Wildman–Crippen MR) is 223 cm³/mol. The lowest BCUT2D eigenvalue weighted by atomic mass is 9.88. The van der Waals surface area contributed by atoms with Crippen molar-refractivity contribution in [1.82, 2.24) is 29.9 Å². The van der Waals surface area contributed by atoms with Gasteiger partial charge < -0.3 is 5.32 Å². The highest BCUT2D eigenvalue weighted by Crippen LogP contribution is 2.68. The SMILES string of the molecule is CC(C)(C#Cc1nc([C@H](Cc2cc(F)cc(F)c2)NC(=O)Cn2nc(C(F)(F)F)c3c2C(F)(F)[C@@H]2CC32)c(-c2ccc(Cl)c3c(NS(C)(=O)=O)nn(CC(F)(F)F)c23)c2c1CCC2)S(C)(=O)=O. The Bertz CT molecular complexity index is 3190. The van der Waals surface area contributed by atoms with Gasteiger partial charge in [0.05, 0.1) is 33.9 Å². The van der Waals surface area contributed by atoms with Gasteiger partial charge in [-0.1, -0.05) is 23.6 Å². The molecule has 3 aliphatic rings. The smallest absolute Gasteiger partial charge is 0.346 e. The van der Waals surface area contributed by atoms with Gasteiger partial charge in [-0.05, 0) is 92.7 Å². The average molecular weight is 1010 g/mol. The molecular weight excluding hydrogens is 972 g/mol. The molecule has 8 rings (SSSR count). The maximum Gasteiger partial charge on any atom is 0.435 e. The zero-order chi connectivity index (χ0) is 49.1. The summed E-state index contributed by atoms with van der Waals surface area (Å²) in [5.74, 6) is -5.01. The molecule has 25 heteroatoms. The number of carbonyl (C=O) groups excluding carboxylic acids is 1. The summed E-state index contributed by atoms with van der Waals surface area (Å²) in [5.41, 5.74) is -3.87. The highest BCUT2D eigenvalue weighted by atomic mass is 35.5. The van der Waals surface area contributed by atoms with Gasteiger partial charge in [0.25, 0.3) is 5.92 Å². The molecule has 1 amide bonds. The number of aromatic nitrogens is 5. The molecule has 0 radical (unpaired) electrons. The maximum atomic E-state index is 15.6. The van der Waals surface area contributed by atoms with Gasteiger partial charge in [0.1, 0.15) is 40.9 Å². The van der Waals surface area contributed by atoms with Crippen LogP contribution in [0.25, 0.3) is 22.0 Å². The molecule has 67 heavy (non-hydrogen) atoms. The minimum absolute atomic E-state index is 0.0375. The third-order valence-electron chi connectivity index (χ3n) is 11.9. The van der Waals surface area contributed by atoms with E-state index in [-0.39, 0.29) is 62.4 Å². The summed E-state index contributed by atoms with van der Waals surface area (Å²) in [4.78, 5) is 19.0. The predicted octanol–water partition coefficient (Wildman–Crippen LogP) is 8.15. The zero-order valence-corrected chi connectivity index (χ0v) is 37.7. The van der Waals surface area contributed by atoms with E-state index in [2.05, 4.69) is 32.1 Å². The second-order valence-electron chi connectivity index (χ2n) is 17.3. The Hall–Kier alpha value is -5.41. The lowest BCUT2D eigenvalue weighted by Gasteiger charge is -2.25. The number of amides is 1. The summed E-state index contributed by atoms with van der Waals surface area (Å²) in [7, 11) is -8.08. The van der Waals surface area contributed by atoms with Crippen LogP contribution in [0.1, 0.15) is 83.7 Å². The van der Waals surface area contributed by atoms with Crippen LogP contribution >= 0.6 is 11.6 Å².